The lowest BCUT2D eigenvalue weighted by atomic mass is 9.98. The topological polar surface area (TPSA) is 179 Å². The molecule has 2 heterocycles. The largest absolute Gasteiger partial charge is 0.388 e. The molecule has 11 heteroatoms. The molecular weight excluding hydrogens is 388 g/mol. The number of nitrogens with zero attached hydrogens (tertiary/aromatic N) is 7. The summed E-state index contributed by atoms with van der Waals surface area (Å²) in [4.78, 5) is 14.8. The van der Waals surface area contributed by atoms with Gasteiger partial charge < -0.3 is 25.6 Å². The first-order valence-electron chi connectivity index (χ1n) is 8.82. The van der Waals surface area contributed by atoms with E-state index >= 15 is 0 Å². The van der Waals surface area contributed by atoms with E-state index in [2.05, 4.69) is 30.9 Å². The minimum Gasteiger partial charge on any atom is -0.388 e. The molecule has 1 aliphatic rings. The maximum absolute atomic E-state index is 10.7. The highest BCUT2D eigenvalue weighted by Crippen LogP contribution is 2.38. The maximum atomic E-state index is 10.7. The van der Waals surface area contributed by atoms with Crippen LogP contribution < -0.4 is 5.73 Å². The summed E-state index contributed by atoms with van der Waals surface area (Å²) in [5.74, 6) is 2.30. The van der Waals surface area contributed by atoms with Gasteiger partial charge in [0.2, 0.25) is 5.95 Å². The lowest BCUT2D eigenvalue weighted by Gasteiger charge is -2.20. The SMILES string of the molecule is C#Cc1ccc(C(O)C2=C[C@@H](n3cnc4c(N)nc(N=[N+]=[N-])nc43)[C@H](O)[C@@H]2O)cc1. The molecule has 1 aromatic carbocycles. The molecule has 0 fully saturated rings. The third-order valence-electron chi connectivity index (χ3n) is 4.98. The molecule has 0 radical (unpaired) electrons. The number of imidazole rings is 1. The van der Waals surface area contributed by atoms with Crippen LogP contribution in [0.5, 0.6) is 0 Å². The Morgan fingerprint density at radius 1 is 1.27 bits per heavy atom. The molecule has 0 bridgehead atoms. The Kier molecular flexibility index (Phi) is 4.83. The molecule has 0 saturated heterocycles. The van der Waals surface area contributed by atoms with Crippen molar-refractivity contribution in [2.45, 2.75) is 24.4 Å². The number of rotatable bonds is 4. The summed E-state index contributed by atoms with van der Waals surface area (Å²) in [5, 5.41) is 35.3. The standard InChI is InChI=1S/C19H16N8O3/c1-2-9-3-5-10(6-4-9)14(28)11-7-12(16(30)15(11)29)27-8-22-13-17(20)23-19(25-26-21)24-18(13)27/h1,3-8,12,14-16,28-30H,(H2,20,23,24)/t12-,14?,15-,16+/m1/s1. The van der Waals surface area contributed by atoms with Crippen molar-refractivity contribution in [1.82, 2.24) is 19.5 Å². The van der Waals surface area contributed by atoms with E-state index in [4.69, 9.17) is 17.7 Å². The van der Waals surface area contributed by atoms with E-state index < -0.39 is 24.4 Å². The number of anilines is 1. The number of nitrogen functional groups attached to an aromatic ring is 1. The van der Waals surface area contributed by atoms with E-state index in [9.17, 15) is 15.3 Å². The summed E-state index contributed by atoms with van der Waals surface area (Å²) in [7, 11) is 0. The number of azide groups is 1. The van der Waals surface area contributed by atoms with Gasteiger partial charge in [0.1, 0.15) is 23.8 Å². The maximum Gasteiger partial charge on any atom is 0.220 e. The summed E-state index contributed by atoms with van der Waals surface area (Å²) in [5.41, 5.74) is 16.3. The molecule has 3 aromatic rings. The molecule has 1 unspecified atom stereocenters. The smallest absolute Gasteiger partial charge is 0.220 e. The van der Waals surface area contributed by atoms with Gasteiger partial charge in [0.05, 0.1) is 12.4 Å². The molecule has 0 saturated carbocycles. The number of fused-ring (bicyclic) bond motifs is 1. The van der Waals surface area contributed by atoms with Gasteiger partial charge in [-0.05, 0) is 33.9 Å². The molecule has 11 nitrogen and oxygen atoms in total. The molecule has 5 N–H and O–H groups in total. The van der Waals surface area contributed by atoms with Crippen LogP contribution in [-0.2, 0) is 0 Å². The summed E-state index contributed by atoms with van der Waals surface area (Å²) >= 11 is 0. The molecule has 1 aliphatic carbocycles. The lowest BCUT2D eigenvalue weighted by Crippen LogP contribution is -2.30. The van der Waals surface area contributed by atoms with E-state index in [-0.39, 0.29) is 28.5 Å². The predicted octanol–water partition coefficient (Wildman–Crippen LogP) is 1.27. The molecule has 0 aliphatic heterocycles. The third kappa shape index (κ3) is 3.12. The van der Waals surface area contributed by atoms with Crippen molar-refractivity contribution < 1.29 is 15.3 Å². The van der Waals surface area contributed by atoms with Crippen LogP contribution in [0.15, 0.2) is 47.4 Å². The molecule has 2 aromatic heterocycles. The van der Waals surface area contributed by atoms with Gasteiger partial charge in [-0.2, -0.15) is 0 Å². The van der Waals surface area contributed by atoms with Crippen LogP contribution in [0.4, 0.5) is 11.8 Å². The number of hydrogen-bond acceptors (Lipinski definition) is 8. The Hall–Kier alpha value is -3.94. The van der Waals surface area contributed by atoms with Crippen LogP contribution in [0.25, 0.3) is 21.6 Å². The number of aliphatic hydroxyl groups excluding tert-OH is 3. The highest BCUT2D eigenvalue weighted by atomic mass is 16.3. The van der Waals surface area contributed by atoms with E-state index in [1.807, 2.05) is 0 Å². The average Bonchev–Trinajstić information content (AvgIpc) is 3.29. The van der Waals surface area contributed by atoms with Crippen molar-refractivity contribution >= 4 is 22.9 Å². The van der Waals surface area contributed by atoms with Gasteiger partial charge in [-0.1, -0.05) is 24.1 Å². The van der Waals surface area contributed by atoms with E-state index in [1.54, 1.807) is 30.3 Å². The quantitative estimate of drug-likeness (QED) is 0.166. The molecule has 4 atom stereocenters. The zero-order valence-electron chi connectivity index (χ0n) is 15.4. The fraction of sp³-hybridized carbons (Fsp3) is 0.211. The fourth-order valence-electron chi connectivity index (χ4n) is 3.46. The first kappa shape index (κ1) is 19.4. The third-order valence-corrected chi connectivity index (χ3v) is 4.98. The first-order chi connectivity index (χ1) is 14.4. The normalized spacial score (nSPS) is 21.7. The van der Waals surface area contributed by atoms with Crippen LogP contribution in [0.1, 0.15) is 23.3 Å². The molecule has 0 amide bonds. The van der Waals surface area contributed by atoms with Crippen molar-refractivity contribution in [3.05, 3.63) is 63.8 Å². The van der Waals surface area contributed by atoms with E-state index in [1.165, 1.54) is 10.9 Å². The molecular formula is C19H16N8O3. The Labute approximate surface area is 169 Å². The summed E-state index contributed by atoms with van der Waals surface area (Å²) in [6, 6.07) is 5.86. The monoisotopic (exact) mass is 404 g/mol. The number of hydrogen-bond donors (Lipinski definition) is 4. The second-order valence-corrected chi connectivity index (χ2v) is 6.68. The minimum absolute atomic E-state index is 0.00651. The molecule has 150 valence electrons. The number of aromatic nitrogens is 4. The summed E-state index contributed by atoms with van der Waals surface area (Å²) in [6.07, 6.45) is 4.50. The van der Waals surface area contributed by atoms with Crippen molar-refractivity contribution in [2.24, 2.45) is 5.11 Å². The van der Waals surface area contributed by atoms with E-state index in [0.29, 0.717) is 11.1 Å². The average molecular weight is 404 g/mol. The highest BCUT2D eigenvalue weighted by Gasteiger charge is 2.39. The highest BCUT2D eigenvalue weighted by molar-refractivity contribution is 5.82. The molecule has 0 spiro atoms. The fourth-order valence-corrected chi connectivity index (χ4v) is 3.46. The van der Waals surface area contributed by atoms with Gasteiger partial charge >= 0.3 is 0 Å². The van der Waals surface area contributed by atoms with Crippen LogP contribution in [0.3, 0.4) is 0 Å². The Morgan fingerprint density at radius 3 is 2.67 bits per heavy atom. The van der Waals surface area contributed by atoms with Crippen molar-refractivity contribution in [3.8, 4) is 12.3 Å². The van der Waals surface area contributed by atoms with Crippen molar-refractivity contribution in [2.75, 3.05) is 5.73 Å². The van der Waals surface area contributed by atoms with Gasteiger partial charge in [0.15, 0.2) is 11.5 Å². The zero-order chi connectivity index (χ0) is 21.4. The summed E-state index contributed by atoms with van der Waals surface area (Å²) < 4.78 is 1.47. The zero-order valence-corrected chi connectivity index (χ0v) is 15.4. The predicted molar refractivity (Wildman–Crippen MR) is 107 cm³/mol. The van der Waals surface area contributed by atoms with Crippen LogP contribution in [0.2, 0.25) is 0 Å². The number of benzene rings is 1. The van der Waals surface area contributed by atoms with Crippen molar-refractivity contribution in [3.63, 3.8) is 0 Å². The Morgan fingerprint density at radius 2 is 2.00 bits per heavy atom. The molecule has 4 rings (SSSR count). The first-order valence-corrected chi connectivity index (χ1v) is 8.82. The summed E-state index contributed by atoms with van der Waals surface area (Å²) in [6.45, 7) is 0. The number of terminal acetylenes is 1. The number of aliphatic hydroxyl groups is 3. The second kappa shape index (κ2) is 7.47. The Balaban J connectivity index is 1.75. The lowest BCUT2D eigenvalue weighted by molar-refractivity contribution is 0.0222. The van der Waals surface area contributed by atoms with E-state index in [0.717, 1.165) is 0 Å². The minimum atomic E-state index is -1.33. The number of nitrogens with two attached hydrogens (primary N) is 1. The van der Waals surface area contributed by atoms with Crippen LogP contribution >= 0.6 is 0 Å². The van der Waals surface area contributed by atoms with Crippen molar-refractivity contribution in [1.29, 1.82) is 0 Å². The van der Waals surface area contributed by atoms with Crippen LogP contribution in [-0.4, -0.2) is 47.0 Å². The van der Waals surface area contributed by atoms with Crippen LogP contribution in [0, 0.1) is 12.3 Å². The Bertz CT molecular complexity index is 1240. The van der Waals surface area contributed by atoms with Gasteiger partial charge in [-0.15, -0.1) is 6.42 Å². The molecule has 30 heavy (non-hydrogen) atoms. The van der Waals surface area contributed by atoms with Gasteiger partial charge in [0, 0.05) is 10.5 Å². The van der Waals surface area contributed by atoms with Gasteiger partial charge in [0.25, 0.3) is 0 Å². The second-order valence-electron chi connectivity index (χ2n) is 6.68. The van der Waals surface area contributed by atoms with Gasteiger partial charge in [-0.25, -0.2) is 15.0 Å². The van der Waals surface area contributed by atoms with Gasteiger partial charge in [-0.3, -0.25) is 0 Å².